The Balaban J connectivity index is 1.32. The Kier molecular flexibility index (Phi) is 6.04. The molecule has 0 aromatic heterocycles. The van der Waals surface area contributed by atoms with Gasteiger partial charge in [0.15, 0.2) is 0 Å². The highest BCUT2D eigenvalue weighted by molar-refractivity contribution is 5.33. The van der Waals surface area contributed by atoms with Gasteiger partial charge in [-0.2, -0.15) is 5.26 Å². The van der Waals surface area contributed by atoms with E-state index in [-0.39, 0.29) is 5.41 Å². The van der Waals surface area contributed by atoms with Crippen molar-refractivity contribution in [1.29, 1.82) is 5.26 Å². The molecule has 4 rings (SSSR count). The number of benzene rings is 2. The maximum Gasteiger partial charge on any atom is 0.0845 e. The van der Waals surface area contributed by atoms with E-state index in [2.05, 4.69) is 84.3 Å². The van der Waals surface area contributed by atoms with Crippen LogP contribution in [0.5, 0.6) is 0 Å². The Bertz CT molecular complexity index is 826. The van der Waals surface area contributed by atoms with Crippen molar-refractivity contribution >= 4 is 0 Å². The van der Waals surface area contributed by atoms with Gasteiger partial charge in [-0.3, -0.25) is 9.80 Å². The van der Waals surface area contributed by atoms with Crippen molar-refractivity contribution in [2.75, 3.05) is 19.6 Å². The van der Waals surface area contributed by atoms with Crippen molar-refractivity contribution in [3.63, 3.8) is 0 Å². The molecule has 3 unspecified atom stereocenters. The molecular weight excluding hydrogens is 354 g/mol. The van der Waals surface area contributed by atoms with Crippen LogP contribution in [0.1, 0.15) is 44.2 Å². The Morgan fingerprint density at radius 3 is 2.17 bits per heavy atom. The second-order valence-electron chi connectivity index (χ2n) is 9.16. The molecule has 2 saturated heterocycles. The van der Waals surface area contributed by atoms with Gasteiger partial charge < -0.3 is 0 Å². The SMILES string of the molecule is CC(C)C(C#N)(CCCN1CC2CC1CN2Cc1ccccc1)c1ccccc1. The van der Waals surface area contributed by atoms with Crippen LogP contribution in [0.2, 0.25) is 0 Å². The minimum atomic E-state index is -0.376. The van der Waals surface area contributed by atoms with Gasteiger partial charge >= 0.3 is 0 Å². The van der Waals surface area contributed by atoms with Gasteiger partial charge in [0.25, 0.3) is 0 Å². The first-order valence-electron chi connectivity index (χ1n) is 11.1. The van der Waals surface area contributed by atoms with Crippen LogP contribution < -0.4 is 0 Å². The van der Waals surface area contributed by atoms with Gasteiger partial charge in [-0.15, -0.1) is 0 Å². The number of nitrogens with zero attached hydrogens (tertiary/aromatic N) is 3. The van der Waals surface area contributed by atoms with Gasteiger partial charge in [-0.1, -0.05) is 74.5 Å². The van der Waals surface area contributed by atoms with Crippen LogP contribution in [0.4, 0.5) is 0 Å². The zero-order valence-electron chi connectivity index (χ0n) is 17.8. The zero-order chi connectivity index (χ0) is 20.3. The van der Waals surface area contributed by atoms with Gasteiger partial charge in [-0.25, -0.2) is 0 Å². The van der Waals surface area contributed by atoms with E-state index < -0.39 is 0 Å². The van der Waals surface area contributed by atoms with Crippen LogP contribution in [0, 0.1) is 17.2 Å². The quantitative estimate of drug-likeness (QED) is 0.649. The molecule has 0 radical (unpaired) electrons. The monoisotopic (exact) mass is 387 g/mol. The number of hydrogen-bond acceptors (Lipinski definition) is 3. The molecule has 0 N–H and O–H groups in total. The van der Waals surface area contributed by atoms with E-state index in [0.29, 0.717) is 18.0 Å². The molecule has 3 nitrogen and oxygen atoms in total. The van der Waals surface area contributed by atoms with Crippen molar-refractivity contribution < 1.29 is 0 Å². The number of likely N-dealkylation sites (tertiary alicyclic amines) is 2. The fraction of sp³-hybridized carbons (Fsp3) is 0.500. The molecule has 0 saturated carbocycles. The smallest absolute Gasteiger partial charge is 0.0845 e. The van der Waals surface area contributed by atoms with Crippen LogP contribution in [-0.2, 0) is 12.0 Å². The lowest BCUT2D eigenvalue weighted by Crippen LogP contribution is -2.46. The third kappa shape index (κ3) is 4.10. The summed E-state index contributed by atoms with van der Waals surface area (Å²) in [4.78, 5) is 5.34. The van der Waals surface area contributed by atoms with Crippen molar-refractivity contribution in [2.24, 2.45) is 5.92 Å². The second kappa shape index (κ2) is 8.69. The molecule has 2 aliphatic rings. The molecule has 2 heterocycles. The highest BCUT2D eigenvalue weighted by atomic mass is 15.3. The molecule has 2 aromatic carbocycles. The topological polar surface area (TPSA) is 30.3 Å². The summed E-state index contributed by atoms with van der Waals surface area (Å²) >= 11 is 0. The first-order chi connectivity index (χ1) is 14.1. The van der Waals surface area contributed by atoms with Crippen molar-refractivity contribution in [1.82, 2.24) is 9.80 Å². The minimum Gasteiger partial charge on any atom is -0.297 e. The maximum absolute atomic E-state index is 10.1. The molecule has 0 amide bonds. The van der Waals surface area contributed by atoms with Crippen molar-refractivity contribution in [3.05, 3.63) is 71.8 Å². The third-order valence-electron chi connectivity index (χ3n) is 7.19. The van der Waals surface area contributed by atoms with Crippen molar-refractivity contribution in [3.8, 4) is 6.07 Å². The predicted molar refractivity (Wildman–Crippen MR) is 118 cm³/mol. The van der Waals surface area contributed by atoms with E-state index >= 15 is 0 Å². The van der Waals surface area contributed by atoms with Crippen LogP contribution >= 0.6 is 0 Å². The summed E-state index contributed by atoms with van der Waals surface area (Å²) in [5.74, 6) is 0.311. The fourth-order valence-electron chi connectivity index (χ4n) is 5.43. The molecule has 29 heavy (non-hydrogen) atoms. The summed E-state index contributed by atoms with van der Waals surface area (Å²) in [5.41, 5.74) is 2.22. The van der Waals surface area contributed by atoms with Gasteiger partial charge in [0.2, 0.25) is 0 Å². The number of rotatable bonds is 8. The van der Waals surface area contributed by atoms with E-state index in [0.717, 1.165) is 25.9 Å². The Labute approximate surface area is 175 Å². The average molecular weight is 388 g/mol. The van der Waals surface area contributed by atoms with Gasteiger partial charge in [0, 0.05) is 31.7 Å². The Morgan fingerprint density at radius 1 is 0.966 bits per heavy atom. The highest BCUT2D eigenvalue weighted by Crippen LogP contribution is 2.37. The number of fused-ring (bicyclic) bond motifs is 2. The summed E-state index contributed by atoms with van der Waals surface area (Å²) in [6, 6.07) is 25.3. The molecule has 152 valence electrons. The summed E-state index contributed by atoms with van der Waals surface area (Å²) in [6.07, 6.45) is 3.33. The lowest BCUT2D eigenvalue weighted by atomic mass is 9.70. The van der Waals surface area contributed by atoms with Crippen LogP contribution in [0.15, 0.2) is 60.7 Å². The molecular formula is C26H33N3. The Hall–Kier alpha value is -2.15. The summed E-state index contributed by atoms with van der Waals surface area (Å²) in [6.45, 7) is 8.94. The molecule has 0 spiro atoms. The molecule has 2 aliphatic heterocycles. The van der Waals surface area contributed by atoms with Gasteiger partial charge in [-0.05, 0) is 42.9 Å². The number of hydrogen-bond donors (Lipinski definition) is 0. The predicted octanol–water partition coefficient (Wildman–Crippen LogP) is 4.84. The first kappa shape index (κ1) is 20.1. The highest BCUT2D eigenvalue weighted by Gasteiger charge is 2.43. The van der Waals surface area contributed by atoms with Crippen LogP contribution in [-0.4, -0.2) is 41.5 Å². The molecule has 2 aromatic rings. The number of nitriles is 1. The first-order valence-corrected chi connectivity index (χ1v) is 11.1. The standard InChI is InChI=1S/C26H33N3/c1-21(2)26(20-27,23-12-7-4-8-13-23)14-9-15-28-18-25-16-24(28)19-29(25)17-22-10-5-3-6-11-22/h3-8,10-13,21,24-25H,9,14-19H2,1-2H3. The summed E-state index contributed by atoms with van der Waals surface area (Å²) in [7, 11) is 0. The third-order valence-corrected chi connectivity index (χ3v) is 7.19. The fourth-order valence-corrected chi connectivity index (χ4v) is 5.43. The van der Waals surface area contributed by atoms with Gasteiger partial charge in [0.1, 0.15) is 0 Å². The molecule has 3 heteroatoms. The second-order valence-corrected chi connectivity index (χ2v) is 9.16. The summed E-state index contributed by atoms with van der Waals surface area (Å²) < 4.78 is 0. The molecule has 2 bridgehead atoms. The summed E-state index contributed by atoms with van der Waals surface area (Å²) in [5, 5.41) is 10.1. The van der Waals surface area contributed by atoms with E-state index in [1.165, 1.54) is 30.6 Å². The van der Waals surface area contributed by atoms with Crippen LogP contribution in [0.25, 0.3) is 0 Å². The largest absolute Gasteiger partial charge is 0.297 e. The average Bonchev–Trinajstić information content (AvgIpc) is 3.32. The Morgan fingerprint density at radius 2 is 1.59 bits per heavy atom. The van der Waals surface area contributed by atoms with Crippen LogP contribution in [0.3, 0.4) is 0 Å². The molecule has 3 atom stereocenters. The number of piperazine rings is 1. The lowest BCUT2D eigenvalue weighted by molar-refractivity contribution is 0.119. The van der Waals surface area contributed by atoms with E-state index in [1.807, 2.05) is 6.07 Å². The molecule has 2 fully saturated rings. The lowest BCUT2D eigenvalue weighted by Gasteiger charge is -2.36. The normalized spacial score (nSPS) is 23.9. The van der Waals surface area contributed by atoms with E-state index in [9.17, 15) is 5.26 Å². The zero-order valence-corrected chi connectivity index (χ0v) is 17.8. The van der Waals surface area contributed by atoms with Gasteiger partial charge in [0.05, 0.1) is 11.5 Å². The van der Waals surface area contributed by atoms with E-state index in [4.69, 9.17) is 0 Å². The van der Waals surface area contributed by atoms with E-state index in [1.54, 1.807) is 0 Å². The minimum absolute atomic E-state index is 0.311. The molecule has 0 aliphatic carbocycles. The maximum atomic E-state index is 10.1. The van der Waals surface area contributed by atoms with Crippen molar-refractivity contribution in [2.45, 2.75) is 57.2 Å².